The van der Waals surface area contributed by atoms with Gasteiger partial charge in [-0.3, -0.25) is 0 Å². The van der Waals surface area contributed by atoms with Crippen LogP contribution in [0, 0.1) is 6.42 Å². The maximum Gasteiger partial charge on any atom is 0.118 e. The molecule has 0 unspecified atom stereocenters. The highest BCUT2D eigenvalue weighted by atomic mass is 35.5. The van der Waals surface area contributed by atoms with Crippen LogP contribution in [0.1, 0.15) is 11.1 Å². The molecule has 0 aromatic heterocycles. The monoisotopic (exact) mass is 245 g/mol. The van der Waals surface area contributed by atoms with Crippen molar-refractivity contribution < 1.29 is 4.74 Å². The molecule has 1 nitrogen and oxygen atoms in total. The molecule has 2 aromatic carbocycles. The Kier molecular flexibility index (Phi) is 4.05. The largest absolute Gasteiger partial charge is 0.497 e. The van der Waals surface area contributed by atoms with E-state index in [1.54, 1.807) is 7.11 Å². The van der Waals surface area contributed by atoms with E-state index in [1.807, 2.05) is 36.4 Å². The molecule has 2 rings (SSSR count). The molecule has 0 aliphatic rings. The van der Waals surface area contributed by atoms with Crippen LogP contribution in [0.4, 0.5) is 0 Å². The number of ether oxygens (including phenoxy) is 1. The Labute approximate surface area is 107 Å². The number of benzene rings is 2. The number of rotatable bonds is 4. The summed E-state index contributed by atoms with van der Waals surface area (Å²) in [6.45, 7) is 0. The molecular weight excluding hydrogens is 232 g/mol. The van der Waals surface area contributed by atoms with E-state index in [1.165, 1.54) is 11.1 Å². The smallest absolute Gasteiger partial charge is 0.118 e. The van der Waals surface area contributed by atoms with E-state index in [4.69, 9.17) is 16.3 Å². The van der Waals surface area contributed by atoms with Gasteiger partial charge in [0, 0.05) is 5.02 Å². The fourth-order valence-electron chi connectivity index (χ4n) is 1.60. The minimum atomic E-state index is 0.776. The van der Waals surface area contributed by atoms with Gasteiger partial charge in [-0.15, -0.1) is 0 Å². The molecule has 87 valence electrons. The molecule has 2 aromatic rings. The summed E-state index contributed by atoms with van der Waals surface area (Å²) in [6, 6.07) is 16.0. The van der Waals surface area contributed by atoms with E-state index >= 15 is 0 Å². The van der Waals surface area contributed by atoms with Gasteiger partial charge in [0.15, 0.2) is 0 Å². The molecule has 1 radical (unpaired) electrons. The molecule has 2 heteroatoms. The highest BCUT2D eigenvalue weighted by Gasteiger charge is 1.97. The minimum absolute atomic E-state index is 0.776. The fraction of sp³-hybridized carbons (Fsp3) is 0.133. The SMILES string of the molecule is COc1ccc([CH]Cc2ccc(Cl)cc2)cc1. The molecule has 0 bridgehead atoms. The molecule has 0 fully saturated rings. The van der Waals surface area contributed by atoms with E-state index < -0.39 is 0 Å². The van der Waals surface area contributed by atoms with Crippen LogP contribution < -0.4 is 4.74 Å². The van der Waals surface area contributed by atoms with Gasteiger partial charge in [-0.25, -0.2) is 0 Å². The molecule has 0 aliphatic heterocycles. The lowest BCUT2D eigenvalue weighted by atomic mass is 10.0. The van der Waals surface area contributed by atoms with E-state index in [9.17, 15) is 0 Å². The van der Waals surface area contributed by atoms with E-state index in [2.05, 4.69) is 18.6 Å². The quantitative estimate of drug-likeness (QED) is 0.787. The Morgan fingerprint density at radius 3 is 2.24 bits per heavy atom. The van der Waals surface area contributed by atoms with Crippen molar-refractivity contribution in [3.63, 3.8) is 0 Å². The zero-order chi connectivity index (χ0) is 12.1. The first-order chi connectivity index (χ1) is 8.28. The third-order valence-corrected chi connectivity index (χ3v) is 2.85. The van der Waals surface area contributed by atoms with Crippen LogP contribution in [0.2, 0.25) is 5.02 Å². The summed E-state index contributed by atoms with van der Waals surface area (Å²) in [4.78, 5) is 0. The maximum absolute atomic E-state index is 5.84. The molecule has 0 amide bonds. The van der Waals surface area contributed by atoms with Crippen LogP contribution in [0.5, 0.6) is 5.75 Å². The van der Waals surface area contributed by atoms with Gasteiger partial charge in [-0.1, -0.05) is 35.9 Å². The summed E-state index contributed by atoms with van der Waals surface area (Å²) in [6.07, 6.45) is 3.09. The van der Waals surface area contributed by atoms with E-state index in [-0.39, 0.29) is 0 Å². The van der Waals surface area contributed by atoms with Crippen LogP contribution in [0.25, 0.3) is 0 Å². The second-order valence-electron chi connectivity index (χ2n) is 3.81. The second kappa shape index (κ2) is 5.74. The van der Waals surface area contributed by atoms with Crippen LogP contribution >= 0.6 is 11.6 Å². The minimum Gasteiger partial charge on any atom is -0.497 e. The molecule has 0 saturated heterocycles. The van der Waals surface area contributed by atoms with Gasteiger partial charge >= 0.3 is 0 Å². The van der Waals surface area contributed by atoms with Gasteiger partial charge in [-0.2, -0.15) is 0 Å². The highest BCUT2D eigenvalue weighted by Crippen LogP contribution is 2.16. The van der Waals surface area contributed by atoms with Gasteiger partial charge in [0.05, 0.1) is 7.11 Å². The number of halogens is 1. The Morgan fingerprint density at radius 2 is 1.65 bits per heavy atom. The summed E-state index contributed by atoms with van der Waals surface area (Å²) < 4.78 is 5.12. The van der Waals surface area contributed by atoms with Crippen molar-refractivity contribution in [2.24, 2.45) is 0 Å². The van der Waals surface area contributed by atoms with Crippen molar-refractivity contribution >= 4 is 11.6 Å². The van der Waals surface area contributed by atoms with Gasteiger partial charge < -0.3 is 4.74 Å². The fourth-order valence-corrected chi connectivity index (χ4v) is 1.72. The van der Waals surface area contributed by atoms with Crippen LogP contribution in [-0.2, 0) is 6.42 Å². The van der Waals surface area contributed by atoms with Crippen molar-refractivity contribution in [3.8, 4) is 5.75 Å². The average Bonchev–Trinajstić information content (AvgIpc) is 2.39. The number of methoxy groups -OCH3 is 1. The summed E-state index contributed by atoms with van der Waals surface area (Å²) in [7, 11) is 1.67. The summed E-state index contributed by atoms with van der Waals surface area (Å²) >= 11 is 5.84. The second-order valence-corrected chi connectivity index (χ2v) is 4.24. The zero-order valence-electron chi connectivity index (χ0n) is 9.69. The lowest BCUT2D eigenvalue weighted by Crippen LogP contribution is -1.89. The average molecular weight is 246 g/mol. The topological polar surface area (TPSA) is 9.23 Å². The predicted octanol–water partition coefficient (Wildman–Crippen LogP) is 4.14. The van der Waals surface area contributed by atoms with Crippen LogP contribution in [0.15, 0.2) is 48.5 Å². The van der Waals surface area contributed by atoms with Crippen molar-refractivity contribution in [3.05, 3.63) is 71.1 Å². The lowest BCUT2D eigenvalue weighted by Gasteiger charge is -2.03. The first-order valence-electron chi connectivity index (χ1n) is 5.49. The Bertz CT molecular complexity index is 459. The van der Waals surface area contributed by atoms with Gasteiger partial charge in [0.1, 0.15) is 5.75 Å². The van der Waals surface area contributed by atoms with Crippen LogP contribution in [-0.4, -0.2) is 7.11 Å². The van der Waals surface area contributed by atoms with Gasteiger partial charge in [0.2, 0.25) is 0 Å². The molecule has 0 aliphatic carbocycles. The normalized spacial score (nSPS) is 10.2. The summed E-state index contributed by atoms with van der Waals surface area (Å²) in [5, 5.41) is 0.776. The summed E-state index contributed by atoms with van der Waals surface area (Å²) in [5.74, 6) is 0.883. The number of hydrogen-bond donors (Lipinski definition) is 0. The van der Waals surface area contributed by atoms with E-state index in [0.29, 0.717) is 0 Å². The van der Waals surface area contributed by atoms with Crippen molar-refractivity contribution in [1.82, 2.24) is 0 Å². The number of hydrogen-bond acceptors (Lipinski definition) is 1. The van der Waals surface area contributed by atoms with Gasteiger partial charge in [0.25, 0.3) is 0 Å². The zero-order valence-corrected chi connectivity index (χ0v) is 10.4. The molecule has 0 spiro atoms. The van der Waals surface area contributed by atoms with E-state index in [0.717, 1.165) is 17.2 Å². The molecule has 0 N–H and O–H groups in total. The third kappa shape index (κ3) is 3.50. The molecular formula is C15H14ClO. The van der Waals surface area contributed by atoms with Crippen molar-refractivity contribution in [2.45, 2.75) is 6.42 Å². The van der Waals surface area contributed by atoms with Gasteiger partial charge in [-0.05, 0) is 48.2 Å². The predicted molar refractivity (Wildman–Crippen MR) is 71.6 cm³/mol. The Morgan fingerprint density at radius 1 is 1.00 bits per heavy atom. The maximum atomic E-state index is 5.84. The van der Waals surface area contributed by atoms with Crippen molar-refractivity contribution in [1.29, 1.82) is 0 Å². The third-order valence-electron chi connectivity index (χ3n) is 2.60. The lowest BCUT2D eigenvalue weighted by molar-refractivity contribution is 0.414. The van der Waals surface area contributed by atoms with Crippen LogP contribution in [0.3, 0.4) is 0 Å². The molecule has 0 atom stereocenters. The first kappa shape index (κ1) is 12.0. The Balaban J connectivity index is 1.95. The van der Waals surface area contributed by atoms with Crippen molar-refractivity contribution in [2.75, 3.05) is 7.11 Å². The molecule has 0 saturated carbocycles. The standard InChI is InChI=1S/C15H14ClO/c1-17-15-10-6-13(7-11-15)3-2-12-4-8-14(16)9-5-12/h3-11H,2H2,1H3. The molecule has 17 heavy (non-hydrogen) atoms. The Hall–Kier alpha value is -1.47. The molecule has 0 heterocycles. The highest BCUT2D eigenvalue weighted by molar-refractivity contribution is 6.30. The first-order valence-corrected chi connectivity index (χ1v) is 5.87. The summed E-state index contributed by atoms with van der Waals surface area (Å²) in [5.41, 5.74) is 2.45.